The fraction of sp³-hybridized carbons (Fsp3) is 0.625. The summed E-state index contributed by atoms with van der Waals surface area (Å²) < 4.78 is 0. The van der Waals surface area contributed by atoms with E-state index in [0.29, 0.717) is 5.69 Å². The Morgan fingerprint density at radius 2 is 1.85 bits per heavy atom. The van der Waals surface area contributed by atoms with Gasteiger partial charge in [-0.05, 0) is 39.8 Å². The Morgan fingerprint density at radius 1 is 1.25 bits per heavy atom. The van der Waals surface area contributed by atoms with Gasteiger partial charge in [-0.15, -0.1) is 0 Å². The van der Waals surface area contributed by atoms with Crippen molar-refractivity contribution in [1.29, 1.82) is 0 Å². The van der Waals surface area contributed by atoms with Gasteiger partial charge in [0.05, 0.1) is 18.1 Å². The molecule has 0 aromatic carbocycles. The minimum absolute atomic E-state index is 0.0678. The summed E-state index contributed by atoms with van der Waals surface area (Å²) in [5.74, 6) is -0.0678. The van der Waals surface area contributed by atoms with Crippen LogP contribution < -0.4 is 10.2 Å². The van der Waals surface area contributed by atoms with Gasteiger partial charge in [0.15, 0.2) is 0 Å². The largest absolute Gasteiger partial charge is 0.347 e. The normalized spacial score (nSPS) is 27.9. The van der Waals surface area contributed by atoms with E-state index in [1.807, 2.05) is 12.1 Å². The van der Waals surface area contributed by atoms with Crippen molar-refractivity contribution in [3.63, 3.8) is 0 Å². The van der Waals surface area contributed by atoms with Crippen LogP contribution >= 0.6 is 0 Å². The van der Waals surface area contributed by atoms with Crippen LogP contribution in [-0.4, -0.2) is 35.1 Å². The fourth-order valence-electron chi connectivity index (χ4n) is 3.38. The number of nitrogens with one attached hydrogen (secondary N) is 2. The molecule has 0 atom stereocenters. The summed E-state index contributed by atoms with van der Waals surface area (Å²) in [5.41, 5.74) is 0.808. The molecule has 0 unspecified atom stereocenters. The van der Waals surface area contributed by atoms with Crippen molar-refractivity contribution in [3.8, 4) is 0 Å². The molecule has 2 N–H and O–H groups in total. The maximum Gasteiger partial charge on any atom is 0.270 e. The summed E-state index contributed by atoms with van der Waals surface area (Å²) in [6.45, 7) is 9.07. The molecule has 1 aliphatic rings. The molecule has 4 nitrogen and oxygen atoms in total. The van der Waals surface area contributed by atoms with E-state index in [0.717, 1.165) is 12.8 Å². The summed E-state index contributed by atoms with van der Waals surface area (Å²) in [7, 11) is 2.25. The number of amides is 1. The summed E-state index contributed by atoms with van der Waals surface area (Å²) >= 11 is 0. The molecule has 1 aromatic rings. The zero-order chi connectivity index (χ0) is 15.0. The van der Waals surface area contributed by atoms with Crippen LogP contribution in [0.15, 0.2) is 24.4 Å². The first-order chi connectivity index (χ1) is 9.22. The van der Waals surface area contributed by atoms with Gasteiger partial charge in [-0.3, -0.25) is 9.78 Å². The Morgan fingerprint density at radius 3 is 2.35 bits per heavy atom. The van der Waals surface area contributed by atoms with Crippen LogP contribution in [0.1, 0.15) is 51.0 Å². The van der Waals surface area contributed by atoms with E-state index in [1.165, 1.54) is 4.90 Å². The van der Waals surface area contributed by atoms with E-state index in [2.05, 4.69) is 45.0 Å². The number of nitrogens with zero attached hydrogens (tertiary/aromatic N) is 1. The van der Waals surface area contributed by atoms with E-state index in [4.69, 9.17) is 0 Å². The number of rotatable bonds is 2. The summed E-state index contributed by atoms with van der Waals surface area (Å²) in [6, 6.07) is 5.63. The van der Waals surface area contributed by atoms with Gasteiger partial charge in [0, 0.05) is 25.1 Å². The third-order valence-electron chi connectivity index (χ3n) is 4.78. The van der Waals surface area contributed by atoms with Crippen molar-refractivity contribution >= 4 is 5.91 Å². The number of hydrogen-bond acceptors (Lipinski definition) is 2. The maximum absolute atomic E-state index is 12.2. The molecule has 0 spiro atoms. The standard InChI is InChI=1S/C16H25N3O/c1-15(2)10-12(11-16(3,4)19(15)5)18-14(20)13-8-6-7-9-17-13/h6-9,12H,10-11H2,1-5H3,(H,18,20)/p+1. The van der Waals surface area contributed by atoms with E-state index in [9.17, 15) is 4.79 Å². The van der Waals surface area contributed by atoms with Crippen molar-refractivity contribution in [2.75, 3.05) is 7.05 Å². The molecule has 110 valence electrons. The first-order valence-corrected chi connectivity index (χ1v) is 7.29. The van der Waals surface area contributed by atoms with Crippen molar-refractivity contribution < 1.29 is 9.69 Å². The van der Waals surface area contributed by atoms with Crippen LogP contribution in [0.2, 0.25) is 0 Å². The molecule has 0 radical (unpaired) electrons. The van der Waals surface area contributed by atoms with Crippen LogP contribution in [0, 0.1) is 0 Å². The Bertz CT molecular complexity index is 464. The van der Waals surface area contributed by atoms with Gasteiger partial charge in [-0.1, -0.05) is 6.07 Å². The second kappa shape index (κ2) is 5.17. The molecular formula is C16H26N3O+. The second-order valence-corrected chi connectivity index (χ2v) is 7.19. The number of piperidine rings is 1. The quantitative estimate of drug-likeness (QED) is 0.848. The first kappa shape index (κ1) is 15.0. The molecule has 1 saturated heterocycles. The number of quaternary nitrogens is 1. The first-order valence-electron chi connectivity index (χ1n) is 7.29. The van der Waals surface area contributed by atoms with E-state index in [1.54, 1.807) is 12.3 Å². The van der Waals surface area contributed by atoms with Gasteiger partial charge < -0.3 is 10.2 Å². The minimum Gasteiger partial charge on any atom is -0.347 e. The highest BCUT2D eigenvalue weighted by Crippen LogP contribution is 2.23. The second-order valence-electron chi connectivity index (χ2n) is 7.19. The SMILES string of the molecule is C[NH+]1C(C)(C)CC(NC(=O)c2ccccn2)CC1(C)C. The Hall–Kier alpha value is -1.42. The van der Waals surface area contributed by atoms with Gasteiger partial charge in [-0.2, -0.15) is 0 Å². The van der Waals surface area contributed by atoms with E-state index in [-0.39, 0.29) is 23.0 Å². The lowest BCUT2D eigenvalue weighted by atomic mass is 9.77. The molecule has 1 fully saturated rings. The van der Waals surface area contributed by atoms with Crippen LogP contribution in [0.5, 0.6) is 0 Å². The molecule has 1 aromatic heterocycles. The van der Waals surface area contributed by atoms with E-state index < -0.39 is 0 Å². The number of likely N-dealkylation sites (tertiary alicyclic amines) is 1. The van der Waals surface area contributed by atoms with Crippen molar-refractivity contribution in [2.45, 2.75) is 57.7 Å². The fourth-order valence-corrected chi connectivity index (χ4v) is 3.38. The summed E-state index contributed by atoms with van der Waals surface area (Å²) in [4.78, 5) is 17.9. The number of hydrogen-bond donors (Lipinski definition) is 2. The number of carbonyl (C=O) groups excluding carboxylic acids is 1. The van der Waals surface area contributed by atoms with Gasteiger partial charge in [0.25, 0.3) is 5.91 Å². The number of pyridine rings is 1. The smallest absolute Gasteiger partial charge is 0.270 e. The Kier molecular flexibility index (Phi) is 3.87. The lowest BCUT2D eigenvalue weighted by molar-refractivity contribution is -0.982. The lowest BCUT2D eigenvalue weighted by Gasteiger charge is -2.50. The molecule has 1 aliphatic heterocycles. The predicted molar refractivity (Wildman–Crippen MR) is 79.8 cm³/mol. The third-order valence-corrected chi connectivity index (χ3v) is 4.78. The number of aromatic nitrogens is 1. The highest BCUT2D eigenvalue weighted by atomic mass is 16.1. The zero-order valence-electron chi connectivity index (χ0n) is 13.2. The summed E-state index contributed by atoms with van der Waals surface area (Å²) in [5, 5.41) is 3.15. The zero-order valence-corrected chi connectivity index (χ0v) is 13.2. The molecule has 2 rings (SSSR count). The molecule has 0 saturated carbocycles. The van der Waals surface area contributed by atoms with Crippen LogP contribution in [0.25, 0.3) is 0 Å². The predicted octanol–water partition coefficient (Wildman–Crippen LogP) is 1.05. The maximum atomic E-state index is 12.2. The third kappa shape index (κ3) is 3.01. The molecule has 0 bridgehead atoms. The van der Waals surface area contributed by atoms with Crippen LogP contribution in [0.4, 0.5) is 0 Å². The van der Waals surface area contributed by atoms with Gasteiger partial charge in [0.1, 0.15) is 5.69 Å². The van der Waals surface area contributed by atoms with Crippen molar-refractivity contribution in [1.82, 2.24) is 10.3 Å². The topological polar surface area (TPSA) is 46.4 Å². The molecule has 20 heavy (non-hydrogen) atoms. The lowest BCUT2D eigenvalue weighted by Crippen LogP contribution is -3.24. The Labute approximate surface area is 121 Å². The van der Waals surface area contributed by atoms with Crippen LogP contribution in [-0.2, 0) is 0 Å². The van der Waals surface area contributed by atoms with E-state index >= 15 is 0 Å². The average Bonchev–Trinajstić information content (AvgIpc) is 2.36. The van der Waals surface area contributed by atoms with Crippen molar-refractivity contribution in [3.05, 3.63) is 30.1 Å². The molecule has 4 heteroatoms. The summed E-state index contributed by atoms with van der Waals surface area (Å²) in [6.07, 6.45) is 3.63. The van der Waals surface area contributed by atoms with Gasteiger partial charge in [0.2, 0.25) is 0 Å². The Balaban J connectivity index is 2.09. The van der Waals surface area contributed by atoms with Crippen molar-refractivity contribution in [2.24, 2.45) is 0 Å². The molecular weight excluding hydrogens is 250 g/mol. The highest BCUT2D eigenvalue weighted by molar-refractivity contribution is 5.92. The average molecular weight is 276 g/mol. The monoisotopic (exact) mass is 276 g/mol. The molecule has 2 heterocycles. The molecule has 0 aliphatic carbocycles. The highest BCUT2D eigenvalue weighted by Gasteiger charge is 2.47. The minimum atomic E-state index is -0.0678. The van der Waals surface area contributed by atoms with Gasteiger partial charge in [-0.25, -0.2) is 0 Å². The number of carbonyl (C=O) groups is 1. The van der Waals surface area contributed by atoms with Crippen LogP contribution in [0.3, 0.4) is 0 Å². The molecule has 1 amide bonds. The van der Waals surface area contributed by atoms with Gasteiger partial charge >= 0.3 is 0 Å².